The van der Waals surface area contributed by atoms with E-state index in [0.717, 1.165) is 16.0 Å². The lowest BCUT2D eigenvalue weighted by molar-refractivity contribution is -0.163. The van der Waals surface area contributed by atoms with Crippen LogP contribution in [0.5, 0.6) is 0 Å². The molecule has 49 heavy (non-hydrogen) atoms. The zero-order valence-corrected chi connectivity index (χ0v) is 27.4. The van der Waals surface area contributed by atoms with Gasteiger partial charge in [-0.2, -0.15) is 8.78 Å². The number of nitrogens with zero attached hydrogens (tertiary/aromatic N) is 1. The number of likely N-dealkylation sites (tertiary alicyclic amines) is 1. The van der Waals surface area contributed by atoms with Crippen LogP contribution in [0.4, 0.5) is 18.4 Å². The van der Waals surface area contributed by atoms with Crippen LogP contribution in [0.3, 0.4) is 0 Å². The quantitative estimate of drug-likeness (QED) is 0.142. The fourth-order valence-corrected chi connectivity index (χ4v) is 5.10. The first-order chi connectivity index (χ1) is 23.3. The number of ketones is 1. The number of ether oxygens (including phenoxy) is 2. The minimum absolute atomic E-state index is 0.0446. The molecule has 0 radical (unpaired) electrons. The van der Waals surface area contributed by atoms with Crippen molar-refractivity contribution in [3.05, 3.63) is 71.8 Å². The number of aliphatic carboxylic acids is 1. The van der Waals surface area contributed by atoms with Crippen molar-refractivity contribution < 1.29 is 52.1 Å². The molecule has 0 aliphatic carbocycles. The zero-order valence-electron chi connectivity index (χ0n) is 27.4. The molecule has 0 bridgehead atoms. The molecule has 4 amide bonds. The Labute approximate surface area is 282 Å². The number of alkyl carbamates (subject to hydrolysis) is 1. The zero-order chi connectivity index (χ0) is 36.0. The van der Waals surface area contributed by atoms with Gasteiger partial charge in [0, 0.05) is 13.1 Å². The lowest BCUT2D eigenvalue weighted by atomic mass is 9.94. The Morgan fingerprint density at radius 1 is 0.898 bits per heavy atom. The van der Waals surface area contributed by atoms with Gasteiger partial charge in [-0.05, 0) is 49.1 Å². The van der Waals surface area contributed by atoms with Gasteiger partial charge in [-0.1, -0.05) is 74.5 Å². The highest BCUT2D eigenvalue weighted by Gasteiger charge is 2.52. The van der Waals surface area contributed by atoms with Gasteiger partial charge in [-0.25, -0.2) is 14.4 Å². The Hall–Kier alpha value is -5.08. The molecule has 3 rings (SSSR count). The van der Waals surface area contributed by atoms with Crippen molar-refractivity contribution in [2.45, 2.75) is 83.2 Å². The molecule has 15 heteroatoms. The number of hydrogen-bond acceptors (Lipinski definition) is 8. The number of nitrogens with one attached hydrogen (secondary N) is 3. The average Bonchev–Trinajstić information content (AvgIpc) is 3.58. The summed E-state index contributed by atoms with van der Waals surface area (Å²) in [4.78, 5) is 76.2. The molecule has 13 nitrogen and oxygen atoms in total. The molecule has 2 aromatic rings. The highest BCUT2D eigenvalue weighted by molar-refractivity contribution is 6.11. The molecule has 1 saturated heterocycles. The van der Waals surface area contributed by atoms with Crippen molar-refractivity contribution in [2.24, 2.45) is 5.92 Å². The maximum atomic E-state index is 15.2. The molecule has 1 aliphatic rings. The van der Waals surface area contributed by atoms with Crippen LogP contribution in [0.15, 0.2) is 60.7 Å². The number of carboxylic acid groups (broad SMARTS) is 1. The van der Waals surface area contributed by atoms with Crippen molar-refractivity contribution in [3.8, 4) is 0 Å². The molecule has 2 unspecified atom stereocenters. The highest BCUT2D eigenvalue weighted by Crippen LogP contribution is 2.24. The van der Waals surface area contributed by atoms with E-state index < -0.39 is 65.7 Å². The van der Waals surface area contributed by atoms with Crippen LogP contribution in [0.2, 0.25) is 0 Å². The molecular weight excluding hydrogens is 646 g/mol. The van der Waals surface area contributed by atoms with Crippen LogP contribution >= 0.6 is 0 Å². The number of amides is 4. The first-order valence-electron chi connectivity index (χ1n) is 16.0. The number of carbonyl (C=O) groups excluding carboxylic acids is 5. The molecule has 0 spiro atoms. The van der Waals surface area contributed by atoms with E-state index in [1.54, 1.807) is 59.9 Å². The second kappa shape index (κ2) is 18.5. The number of halogens is 2. The Balaban J connectivity index is 1.50. The lowest BCUT2D eigenvalue weighted by Crippen LogP contribution is -2.60. The van der Waals surface area contributed by atoms with Crippen LogP contribution in [0.1, 0.15) is 57.1 Å². The van der Waals surface area contributed by atoms with Gasteiger partial charge in [0.05, 0.1) is 6.04 Å². The van der Waals surface area contributed by atoms with E-state index in [1.807, 2.05) is 6.07 Å². The summed E-state index contributed by atoms with van der Waals surface area (Å²) in [5, 5.41) is 16.0. The number of Topliss-reactive ketones (excluding diaryl/α,β-unsaturated/α-hetero) is 1. The first kappa shape index (κ1) is 38.4. The monoisotopic (exact) mass is 688 g/mol. The number of carbonyl (C=O) groups is 6. The maximum absolute atomic E-state index is 15.2. The van der Waals surface area contributed by atoms with Gasteiger partial charge in [0.15, 0.2) is 0 Å². The molecule has 266 valence electrons. The SMILES string of the molecule is CC(C)C(NC(=O)C1CCCN1C(=O)OCc1ccccc1)C(=O)C(F)(F)C(=O)N[C@@H](CCCCNC(=O)OCc1ccccc1)C(=O)O. The Bertz CT molecular complexity index is 1440. The summed E-state index contributed by atoms with van der Waals surface area (Å²) in [6.45, 7) is 3.07. The predicted molar refractivity (Wildman–Crippen MR) is 171 cm³/mol. The molecule has 2 aromatic carbocycles. The second-order valence-electron chi connectivity index (χ2n) is 11.9. The van der Waals surface area contributed by atoms with E-state index in [4.69, 9.17) is 9.47 Å². The number of unbranched alkanes of at least 4 members (excludes halogenated alkanes) is 1. The van der Waals surface area contributed by atoms with Crippen molar-refractivity contribution in [1.82, 2.24) is 20.9 Å². The molecule has 1 aliphatic heterocycles. The fourth-order valence-electron chi connectivity index (χ4n) is 5.10. The van der Waals surface area contributed by atoms with Gasteiger partial charge in [0.25, 0.3) is 5.91 Å². The van der Waals surface area contributed by atoms with Crippen LogP contribution in [0.25, 0.3) is 0 Å². The van der Waals surface area contributed by atoms with Crippen molar-refractivity contribution in [3.63, 3.8) is 0 Å². The van der Waals surface area contributed by atoms with Crippen LogP contribution < -0.4 is 16.0 Å². The molecular formula is C34H42F2N4O9. The van der Waals surface area contributed by atoms with E-state index in [2.05, 4.69) is 10.6 Å². The van der Waals surface area contributed by atoms with Crippen LogP contribution in [0, 0.1) is 5.92 Å². The predicted octanol–water partition coefficient (Wildman–Crippen LogP) is 3.80. The molecule has 0 aromatic heterocycles. The summed E-state index contributed by atoms with van der Waals surface area (Å²) in [5.74, 6) is -12.1. The Kier molecular flexibility index (Phi) is 14.5. The molecule has 3 atom stereocenters. The summed E-state index contributed by atoms with van der Waals surface area (Å²) in [6.07, 6.45) is -0.748. The number of benzene rings is 2. The first-order valence-corrected chi connectivity index (χ1v) is 16.0. The molecule has 4 N–H and O–H groups in total. The smallest absolute Gasteiger partial charge is 0.410 e. The standard InChI is InChI=1S/C34H42F2N4O9/c1-22(2)27(39-29(42)26-17-11-19-40(26)33(47)49-21-24-14-7-4-8-15-24)28(41)34(35,36)31(45)38-25(30(43)44)16-9-10-18-37-32(46)48-20-23-12-5-3-6-13-23/h3-8,12-15,22,25-27H,9-11,16-21H2,1-2H3,(H,37,46)(H,38,45)(H,39,42)(H,43,44)/t25-,26?,27?/m0/s1. The summed E-state index contributed by atoms with van der Waals surface area (Å²) in [5.41, 5.74) is 1.51. The lowest BCUT2D eigenvalue weighted by Gasteiger charge is -2.29. The van der Waals surface area contributed by atoms with Crippen LogP contribution in [-0.4, -0.2) is 82.9 Å². The van der Waals surface area contributed by atoms with Crippen molar-refractivity contribution in [2.75, 3.05) is 13.1 Å². The van der Waals surface area contributed by atoms with E-state index in [0.29, 0.717) is 6.42 Å². The number of alkyl halides is 2. The van der Waals surface area contributed by atoms with E-state index in [1.165, 1.54) is 13.8 Å². The summed E-state index contributed by atoms with van der Waals surface area (Å²) >= 11 is 0. The minimum atomic E-state index is -4.69. The highest BCUT2D eigenvalue weighted by atomic mass is 19.3. The van der Waals surface area contributed by atoms with Crippen LogP contribution in [-0.2, 0) is 41.9 Å². The molecule has 1 fully saturated rings. The normalized spacial score (nSPS) is 15.5. The van der Waals surface area contributed by atoms with E-state index >= 15 is 8.78 Å². The summed E-state index contributed by atoms with van der Waals surface area (Å²) < 4.78 is 40.8. The van der Waals surface area contributed by atoms with Gasteiger partial charge in [-0.15, -0.1) is 0 Å². The Morgan fingerprint density at radius 3 is 2.06 bits per heavy atom. The third-order valence-corrected chi connectivity index (χ3v) is 7.84. The largest absolute Gasteiger partial charge is 0.480 e. The molecule has 0 saturated carbocycles. The van der Waals surface area contributed by atoms with Gasteiger partial charge < -0.3 is 30.5 Å². The van der Waals surface area contributed by atoms with Gasteiger partial charge in [-0.3, -0.25) is 19.3 Å². The van der Waals surface area contributed by atoms with Gasteiger partial charge in [0.2, 0.25) is 11.7 Å². The fraction of sp³-hybridized carbons (Fsp3) is 0.471. The van der Waals surface area contributed by atoms with Gasteiger partial charge in [0.1, 0.15) is 25.3 Å². The van der Waals surface area contributed by atoms with Gasteiger partial charge >= 0.3 is 24.1 Å². The third kappa shape index (κ3) is 11.5. The average molecular weight is 689 g/mol. The van der Waals surface area contributed by atoms with E-state index in [9.17, 15) is 33.9 Å². The number of rotatable bonds is 17. The minimum Gasteiger partial charge on any atom is -0.480 e. The topological polar surface area (TPSA) is 180 Å². The second-order valence-corrected chi connectivity index (χ2v) is 11.9. The maximum Gasteiger partial charge on any atom is 0.410 e. The number of hydrogen-bond donors (Lipinski definition) is 4. The molecule has 1 heterocycles. The number of carboxylic acids is 1. The van der Waals surface area contributed by atoms with E-state index in [-0.39, 0.29) is 52.0 Å². The summed E-state index contributed by atoms with van der Waals surface area (Å²) in [6, 6.07) is 13.1. The van der Waals surface area contributed by atoms with Crippen molar-refractivity contribution >= 4 is 35.8 Å². The van der Waals surface area contributed by atoms with Crippen molar-refractivity contribution in [1.29, 1.82) is 0 Å². The Morgan fingerprint density at radius 2 is 1.49 bits per heavy atom. The summed E-state index contributed by atoms with van der Waals surface area (Å²) in [7, 11) is 0. The third-order valence-electron chi connectivity index (χ3n) is 7.84.